The van der Waals surface area contributed by atoms with Crippen LogP contribution in [-0.4, -0.2) is 26.5 Å². The second kappa shape index (κ2) is 3.61. The van der Waals surface area contributed by atoms with E-state index in [9.17, 15) is 0 Å². The fraction of sp³-hybridized carbons (Fsp3) is 0.667. The van der Waals surface area contributed by atoms with Gasteiger partial charge in [-0.1, -0.05) is 0 Å². The molecule has 2 atom stereocenters. The number of rotatable bonds is 3. The van der Waals surface area contributed by atoms with Gasteiger partial charge in [0, 0.05) is 0 Å². The van der Waals surface area contributed by atoms with Crippen molar-refractivity contribution in [2.75, 3.05) is 0 Å². The molecule has 1 aromatic heterocycles. The average molecular weight is 173 g/mol. The zero-order valence-electron chi connectivity index (χ0n) is 6.64. The topological polar surface area (TPSA) is 105 Å². The van der Waals surface area contributed by atoms with Crippen molar-refractivity contribution in [3.8, 4) is 0 Å². The van der Waals surface area contributed by atoms with Crippen LogP contribution in [0.1, 0.15) is 24.7 Å². The van der Waals surface area contributed by atoms with Gasteiger partial charge in [-0.25, -0.2) is 0 Å². The third-order valence-corrected chi connectivity index (χ3v) is 1.42. The Balaban J connectivity index is 2.74. The van der Waals surface area contributed by atoms with Crippen LogP contribution >= 0.6 is 0 Å². The molecule has 1 aromatic rings. The molecule has 0 saturated heterocycles. The largest absolute Gasteiger partial charge is 0.421 e. The second-order valence-corrected chi connectivity index (χ2v) is 2.46. The Labute approximate surface area is 69.0 Å². The van der Waals surface area contributed by atoms with Crippen molar-refractivity contribution in [3.63, 3.8) is 0 Å². The third kappa shape index (κ3) is 1.79. The molecule has 0 fully saturated rings. The molecule has 68 valence electrons. The molecular weight excluding hydrogens is 162 g/mol. The highest BCUT2D eigenvalue weighted by Gasteiger charge is 2.18. The molecule has 0 aromatic carbocycles. The predicted molar refractivity (Wildman–Crippen MR) is 38.8 cm³/mol. The lowest BCUT2D eigenvalue weighted by Gasteiger charge is -2.08. The van der Waals surface area contributed by atoms with Crippen LogP contribution in [0.3, 0.4) is 0 Å². The van der Waals surface area contributed by atoms with Gasteiger partial charge in [-0.2, -0.15) is 0 Å². The van der Waals surface area contributed by atoms with Gasteiger partial charge >= 0.3 is 0 Å². The van der Waals surface area contributed by atoms with E-state index in [0.717, 1.165) is 0 Å². The summed E-state index contributed by atoms with van der Waals surface area (Å²) in [5.74, 6) is 0.232. The van der Waals surface area contributed by atoms with Crippen LogP contribution in [0.4, 0.5) is 0 Å². The van der Waals surface area contributed by atoms with Crippen LogP contribution in [0.25, 0.3) is 0 Å². The molecular formula is C6H11N3O3. The van der Waals surface area contributed by atoms with Gasteiger partial charge in [0.15, 0.2) is 0 Å². The van der Waals surface area contributed by atoms with Crippen molar-refractivity contribution in [2.24, 2.45) is 5.73 Å². The van der Waals surface area contributed by atoms with Crippen molar-refractivity contribution < 1.29 is 14.6 Å². The lowest BCUT2D eigenvalue weighted by Crippen LogP contribution is -2.23. The van der Waals surface area contributed by atoms with Crippen molar-refractivity contribution in [1.29, 1.82) is 0 Å². The van der Waals surface area contributed by atoms with Crippen LogP contribution in [0.15, 0.2) is 4.42 Å². The van der Waals surface area contributed by atoms with E-state index in [2.05, 4.69) is 10.2 Å². The number of hydrogen-bond donors (Lipinski definition) is 3. The highest BCUT2D eigenvalue weighted by atomic mass is 16.4. The molecule has 12 heavy (non-hydrogen) atoms. The first kappa shape index (κ1) is 9.11. The lowest BCUT2D eigenvalue weighted by atomic mass is 10.2. The maximum atomic E-state index is 9.04. The van der Waals surface area contributed by atoms with Gasteiger partial charge in [-0.05, 0) is 6.92 Å². The minimum absolute atomic E-state index is 0.0982. The van der Waals surface area contributed by atoms with Gasteiger partial charge in [-0.15, -0.1) is 10.2 Å². The molecule has 6 heteroatoms. The van der Waals surface area contributed by atoms with E-state index in [1.165, 1.54) is 6.92 Å². The molecule has 4 N–H and O–H groups in total. The average Bonchev–Trinajstić information content (AvgIpc) is 2.50. The highest BCUT2D eigenvalue weighted by molar-refractivity contribution is 4.90. The first-order valence-electron chi connectivity index (χ1n) is 3.52. The third-order valence-electron chi connectivity index (χ3n) is 1.42. The Morgan fingerprint density at radius 2 is 2.25 bits per heavy atom. The van der Waals surface area contributed by atoms with Gasteiger partial charge in [-0.3, -0.25) is 0 Å². The van der Waals surface area contributed by atoms with Crippen molar-refractivity contribution >= 4 is 0 Å². The van der Waals surface area contributed by atoms with Crippen LogP contribution in [0.5, 0.6) is 0 Å². The van der Waals surface area contributed by atoms with E-state index >= 15 is 0 Å². The standard InChI is InChI=1S/C6H11N3O3/c1-3(11)5(7)6-9-8-4(2-10)12-6/h3,5,10-11H,2,7H2,1H3/t3-,5+/m0/s1. The summed E-state index contributed by atoms with van der Waals surface area (Å²) in [7, 11) is 0. The van der Waals surface area contributed by atoms with Gasteiger partial charge < -0.3 is 20.4 Å². The second-order valence-electron chi connectivity index (χ2n) is 2.46. The molecule has 0 aliphatic carbocycles. The summed E-state index contributed by atoms with van der Waals surface area (Å²) < 4.78 is 4.90. The molecule has 1 heterocycles. The molecule has 0 aliphatic heterocycles. The lowest BCUT2D eigenvalue weighted by molar-refractivity contribution is 0.147. The van der Waals surface area contributed by atoms with Crippen molar-refractivity contribution in [1.82, 2.24) is 10.2 Å². The van der Waals surface area contributed by atoms with Gasteiger partial charge in [0.05, 0.1) is 6.10 Å². The molecule has 0 amide bonds. The normalized spacial score (nSPS) is 16.0. The van der Waals surface area contributed by atoms with Crippen LogP contribution in [0, 0.1) is 0 Å². The first-order chi connectivity index (χ1) is 5.65. The number of aromatic nitrogens is 2. The maximum absolute atomic E-state index is 9.04. The van der Waals surface area contributed by atoms with Crippen molar-refractivity contribution in [3.05, 3.63) is 11.8 Å². The summed E-state index contributed by atoms with van der Waals surface area (Å²) in [5.41, 5.74) is 5.48. The summed E-state index contributed by atoms with van der Waals surface area (Å²) in [4.78, 5) is 0. The van der Waals surface area contributed by atoms with Crippen molar-refractivity contribution in [2.45, 2.75) is 25.7 Å². The van der Waals surface area contributed by atoms with E-state index in [0.29, 0.717) is 0 Å². The summed E-state index contributed by atoms with van der Waals surface area (Å²) in [5, 5.41) is 24.6. The molecule has 0 unspecified atom stereocenters. The predicted octanol–water partition coefficient (Wildman–Crippen LogP) is -1.06. The minimum Gasteiger partial charge on any atom is -0.421 e. The van der Waals surface area contributed by atoms with Crippen LogP contribution in [-0.2, 0) is 6.61 Å². The smallest absolute Gasteiger partial charge is 0.241 e. The van der Waals surface area contributed by atoms with E-state index in [4.69, 9.17) is 20.4 Å². The summed E-state index contributed by atoms with van der Waals surface area (Å²) in [6.45, 7) is 1.20. The summed E-state index contributed by atoms with van der Waals surface area (Å²) in [6.07, 6.45) is -0.753. The number of aliphatic hydroxyl groups is 2. The molecule has 0 saturated carbocycles. The zero-order valence-corrected chi connectivity index (χ0v) is 6.64. The van der Waals surface area contributed by atoms with Gasteiger partial charge in [0.2, 0.25) is 11.8 Å². The van der Waals surface area contributed by atoms with E-state index < -0.39 is 12.1 Å². The Bertz CT molecular complexity index is 248. The van der Waals surface area contributed by atoms with Gasteiger partial charge in [0.1, 0.15) is 12.6 Å². The first-order valence-corrected chi connectivity index (χ1v) is 3.52. The maximum Gasteiger partial charge on any atom is 0.241 e. The Morgan fingerprint density at radius 1 is 1.58 bits per heavy atom. The van der Waals surface area contributed by atoms with E-state index in [-0.39, 0.29) is 18.4 Å². The van der Waals surface area contributed by atoms with Gasteiger partial charge in [0.25, 0.3) is 0 Å². The Kier molecular flexibility index (Phi) is 2.74. The Hall–Kier alpha value is -0.980. The number of nitrogens with two attached hydrogens (primary N) is 1. The fourth-order valence-electron chi connectivity index (χ4n) is 0.672. The molecule has 0 bridgehead atoms. The molecule has 6 nitrogen and oxygen atoms in total. The van der Waals surface area contributed by atoms with Crippen LogP contribution < -0.4 is 5.73 Å². The Morgan fingerprint density at radius 3 is 2.67 bits per heavy atom. The van der Waals surface area contributed by atoms with E-state index in [1.54, 1.807) is 0 Å². The SMILES string of the molecule is C[C@H](O)[C@@H](N)c1nnc(CO)o1. The fourth-order valence-corrected chi connectivity index (χ4v) is 0.672. The number of aliphatic hydroxyl groups excluding tert-OH is 2. The molecule has 0 aliphatic rings. The molecule has 0 radical (unpaired) electrons. The molecule has 0 spiro atoms. The summed E-state index contributed by atoms with van der Waals surface area (Å²) in [6, 6.07) is -0.696. The highest BCUT2D eigenvalue weighted by Crippen LogP contribution is 2.11. The minimum atomic E-state index is -0.753. The molecule has 1 rings (SSSR count). The number of hydrogen-bond acceptors (Lipinski definition) is 6. The zero-order chi connectivity index (χ0) is 9.14. The number of nitrogens with zero attached hydrogens (tertiary/aromatic N) is 2. The monoisotopic (exact) mass is 173 g/mol. The van der Waals surface area contributed by atoms with E-state index in [1.807, 2.05) is 0 Å². The quantitative estimate of drug-likeness (QED) is 0.538. The van der Waals surface area contributed by atoms with Crippen LogP contribution in [0.2, 0.25) is 0 Å². The summed E-state index contributed by atoms with van der Waals surface area (Å²) >= 11 is 0.